The molecule has 0 aromatic heterocycles. The van der Waals surface area contributed by atoms with E-state index in [9.17, 15) is 13.2 Å². The second-order valence-corrected chi connectivity index (χ2v) is 8.37. The summed E-state index contributed by atoms with van der Waals surface area (Å²) in [7, 11) is -3.77. The third-order valence-electron chi connectivity index (χ3n) is 4.61. The van der Waals surface area contributed by atoms with Gasteiger partial charge in [-0.25, -0.2) is 13.2 Å². The number of aryl methyl sites for hydroxylation is 1. The number of carbonyl (C=O) groups is 1. The fourth-order valence-corrected chi connectivity index (χ4v) is 4.76. The van der Waals surface area contributed by atoms with Crippen molar-refractivity contribution in [1.29, 1.82) is 0 Å². The van der Waals surface area contributed by atoms with Gasteiger partial charge in [-0.3, -0.25) is 0 Å². The average Bonchev–Trinajstić information content (AvgIpc) is 2.69. The molecule has 0 aliphatic carbocycles. The molecule has 1 aliphatic heterocycles. The third kappa shape index (κ3) is 4.12. The van der Waals surface area contributed by atoms with Gasteiger partial charge in [0.05, 0.1) is 17.5 Å². The van der Waals surface area contributed by atoms with Crippen LogP contribution in [0.15, 0.2) is 71.1 Å². The van der Waals surface area contributed by atoms with Gasteiger partial charge in [-0.15, -0.1) is 0 Å². The van der Waals surface area contributed by atoms with Gasteiger partial charge >= 0.3 is 5.97 Å². The van der Waals surface area contributed by atoms with E-state index in [1.165, 1.54) is 4.31 Å². The van der Waals surface area contributed by atoms with Crippen LogP contribution in [0.1, 0.15) is 30.5 Å². The number of rotatable bonds is 5. The number of hydrogen-bond acceptors (Lipinski definition) is 4. The molecule has 1 aliphatic rings. The zero-order valence-electron chi connectivity index (χ0n) is 15.5. The summed E-state index contributed by atoms with van der Waals surface area (Å²) >= 11 is 0. The number of carbonyl (C=O) groups excluding carboxylic acids is 1. The van der Waals surface area contributed by atoms with Crippen LogP contribution in [0.2, 0.25) is 0 Å². The minimum Gasteiger partial charge on any atom is -0.463 e. The van der Waals surface area contributed by atoms with Gasteiger partial charge in [-0.2, -0.15) is 4.31 Å². The van der Waals surface area contributed by atoms with Crippen molar-refractivity contribution in [2.45, 2.75) is 31.2 Å². The molecule has 1 heterocycles. The van der Waals surface area contributed by atoms with Crippen LogP contribution in [0.5, 0.6) is 0 Å². The standard InChI is InChI=1S/C21H23NO4S/c1-3-26-21(23)18-11-14-20(17-7-5-4-6-8-17)22(15-18)27(24,25)19-12-9-16(2)10-13-19/h4-13,20H,3,14-15H2,1-2H3. The predicted molar refractivity (Wildman–Crippen MR) is 104 cm³/mol. The highest BCUT2D eigenvalue weighted by atomic mass is 32.2. The summed E-state index contributed by atoms with van der Waals surface area (Å²) in [4.78, 5) is 12.4. The maximum Gasteiger partial charge on any atom is 0.335 e. The van der Waals surface area contributed by atoms with Crippen molar-refractivity contribution in [1.82, 2.24) is 4.31 Å². The minimum absolute atomic E-state index is 0.00535. The van der Waals surface area contributed by atoms with Gasteiger partial charge in [0.1, 0.15) is 0 Å². The predicted octanol–water partition coefficient (Wildman–Crippen LogP) is 3.62. The smallest absolute Gasteiger partial charge is 0.335 e. The van der Waals surface area contributed by atoms with E-state index in [-0.39, 0.29) is 24.1 Å². The van der Waals surface area contributed by atoms with Gasteiger partial charge in [-0.05, 0) is 38.0 Å². The number of hydrogen-bond donors (Lipinski definition) is 0. The monoisotopic (exact) mass is 385 g/mol. The molecule has 0 saturated carbocycles. The quantitative estimate of drug-likeness (QED) is 0.738. The third-order valence-corrected chi connectivity index (χ3v) is 6.48. The molecule has 0 spiro atoms. The van der Waals surface area contributed by atoms with E-state index < -0.39 is 16.0 Å². The lowest BCUT2D eigenvalue weighted by Gasteiger charge is -2.34. The largest absolute Gasteiger partial charge is 0.463 e. The van der Waals surface area contributed by atoms with E-state index >= 15 is 0 Å². The molecule has 0 saturated heterocycles. The van der Waals surface area contributed by atoms with Gasteiger partial charge in [0.25, 0.3) is 0 Å². The van der Waals surface area contributed by atoms with E-state index in [1.807, 2.05) is 37.3 Å². The lowest BCUT2D eigenvalue weighted by Crippen LogP contribution is -2.40. The summed E-state index contributed by atoms with van der Waals surface area (Å²) in [6, 6.07) is 15.9. The SMILES string of the molecule is CCOC(=O)C1=CCC(c2ccccc2)N(S(=O)(=O)c2ccc(C)cc2)C1. The first kappa shape index (κ1) is 19.3. The van der Waals surface area contributed by atoms with Crippen LogP contribution in [-0.4, -0.2) is 31.8 Å². The molecule has 0 amide bonds. The number of benzene rings is 2. The Balaban J connectivity index is 2.02. The Bertz CT molecular complexity index is 934. The van der Waals surface area contributed by atoms with Crippen molar-refractivity contribution >= 4 is 16.0 Å². The van der Waals surface area contributed by atoms with E-state index in [2.05, 4.69) is 0 Å². The van der Waals surface area contributed by atoms with Crippen molar-refractivity contribution in [3.05, 3.63) is 77.4 Å². The highest BCUT2D eigenvalue weighted by Gasteiger charge is 2.36. The first-order valence-electron chi connectivity index (χ1n) is 8.93. The Morgan fingerprint density at radius 2 is 1.78 bits per heavy atom. The molecule has 142 valence electrons. The highest BCUT2D eigenvalue weighted by Crippen LogP contribution is 2.35. The molecule has 3 rings (SSSR count). The van der Waals surface area contributed by atoms with Crippen LogP contribution in [0.4, 0.5) is 0 Å². The molecular weight excluding hydrogens is 362 g/mol. The van der Waals surface area contributed by atoms with Crippen molar-refractivity contribution in [2.24, 2.45) is 0 Å². The van der Waals surface area contributed by atoms with Crippen molar-refractivity contribution < 1.29 is 17.9 Å². The number of nitrogens with zero attached hydrogens (tertiary/aromatic N) is 1. The van der Waals surface area contributed by atoms with Crippen molar-refractivity contribution in [3.63, 3.8) is 0 Å². The van der Waals surface area contributed by atoms with E-state index in [0.29, 0.717) is 12.0 Å². The maximum absolute atomic E-state index is 13.4. The van der Waals surface area contributed by atoms with Gasteiger partial charge < -0.3 is 4.74 Å². The Labute approximate surface area is 160 Å². The molecule has 0 radical (unpaired) electrons. The van der Waals surface area contributed by atoms with Crippen LogP contribution >= 0.6 is 0 Å². The molecule has 0 N–H and O–H groups in total. The summed E-state index contributed by atoms with van der Waals surface area (Å²) in [6.07, 6.45) is 2.21. The Kier molecular flexibility index (Phi) is 5.77. The fraction of sp³-hybridized carbons (Fsp3) is 0.286. The van der Waals surface area contributed by atoms with Gasteiger partial charge in [0.15, 0.2) is 0 Å². The van der Waals surface area contributed by atoms with Crippen LogP contribution < -0.4 is 0 Å². The average molecular weight is 385 g/mol. The Morgan fingerprint density at radius 3 is 2.41 bits per heavy atom. The number of sulfonamides is 1. The minimum atomic E-state index is -3.77. The number of esters is 1. The van der Waals surface area contributed by atoms with Gasteiger partial charge in [0.2, 0.25) is 10.0 Å². The molecule has 6 heteroatoms. The molecular formula is C21H23NO4S. The Morgan fingerprint density at radius 1 is 1.11 bits per heavy atom. The summed E-state index contributed by atoms with van der Waals surface area (Å²) in [6.45, 7) is 3.89. The summed E-state index contributed by atoms with van der Waals surface area (Å²) in [5.74, 6) is -0.465. The molecule has 0 bridgehead atoms. The first-order chi connectivity index (χ1) is 12.9. The van der Waals surface area contributed by atoms with Crippen LogP contribution in [0.3, 0.4) is 0 Å². The second-order valence-electron chi connectivity index (χ2n) is 6.48. The molecule has 2 aromatic rings. The van der Waals surface area contributed by atoms with Crippen LogP contribution in [0.25, 0.3) is 0 Å². The van der Waals surface area contributed by atoms with Crippen LogP contribution in [0, 0.1) is 6.92 Å². The molecule has 27 heavy (non-hydrogen) atoms. The van der Waals surface area contributed by atoms with Crippen LogP contribution in [-0.2, 0) is 19.6 Å². The van der Waals surface area contributed by atoms with Gasteiger partial charge in [-0.1, -0.05) is 54.1 Å². The highest BCUT2D eigenvalue weighted by molar-refractivity contribution is 7.89. The Hall–Kier alpha value is -2.44. The lowest BCUT2D eigenvalue weighted by atomic mass is 9.98. The van der Waals surface area contributed by atoms with Crippen molar-refractivity contribution in [3.8, 4) is 0 Å². The van der Waals surface area contributed by atoms with E-state index in [4.69, 9.17) is 4.74 Å². The lowest BCUT2D eigenvalue weighted by molar-refractivity contribution is -0.138. The van der Waals surface area contributed by atoms with Crippen molar-refractivity contribution in [2.75, 3.05) is 13.2 Å². The van der Waals surface area contributed by atoms with Gasteiger partial charge in [0, 0.05) is 12.1 Å². The normalized spacial score (nSPS) is 18.0. The fourth-order valence-electron chi connectivity index (χ4n) is 3.16. The summed E-state index contributed by atoms with van der Waals surface area (Å²) < 4.78 is 33.2. The molecule has 2 aromatic carbocycles. The summed E-state index contributed by atoms with van der Waals surface area (Å²) in [5, 5.41) is 0. The molecule has 5 nitrogen and oxygen atoms in total. The number of ether oxygens (including phenoxy) is 1. The zero-order chi connectivity index (χ0) is 19.4. The second kappa shape index (κ2) is 8.06. The summed E-state index contributed by atoms with van der Waals surface area (Å²) in [5.41, 5.74) is 2.26. The molecule has 1 unspecified atom stereocenters. The molecule has 0 fully saturated rings. The molecule has 1 atom stereocenters. The van der Waals surface area contributed by atoms with E-state index in [0.717, 1.165) is 11.1 Å². The topological polar surface area (TPSA) is 63.7 Å². The zero-order valence-corrected chi connectivity index (χ0v) is 16.3. The maximum atomic E-state index is 13.4. The van der Waals surface area contributed by atoms with E-state index in [1.54, 1.807) is 37.3 Å². The first-order valence-corrected chi connectivity index (χ1v) is 10.4.